The van der Waals surface area contributed by atoms with Crippen molar-refractivity contribution in [1.82, 2.24) is 4.98 Å². The molecule has 20 heavy (non-hydrogen) atoms. The van der Waals surface area contributed by atoms with Crippen molar-refractivity contribution in [3.63, 3.8) is 0 Å². The fourth-order valence-electron chi connectivity index (χ4n) is 1.83. The lowest BCUT2D eigenvalue weighted by molar-refractivity contribution is 0.0697. The fraction of sp³-hybridized carbons (Fsp3) is 0.0667. The largest absolute Gasteiger partial charge is 0.484 e. The van der Waals surface area contributed by atoms with E-state index in [0.29, 0.717) is 17.0 Å². The van der Waals surface area contributed by atoms with E-state index < -0.39 is 5.97 Å². The number of carboxylic acids is 1. The molecule has 0 bridgehead atoms. The van der Waals surface area contributed by atoms with Crippen LogP contribution >= 0.6 is 0 Å². The minimum Gasteiger partial charge on any atom is -0.484 e. The molecule has 0 aliphatic rings. The van der Waals surface area contributed by atoms with Crippen LogP contribution in [0.4, 0.5) is 0 Å². The molecule has 5 nitrogen and oxygen atoms in total. The predicted molar refractivity (Wildman–Crippen MR) is 71.7 cm³/mol. The van der Waals surface area contributed by atoms with Gasteiger partial charge in [-0.05, 0) is 30.3 Å². The van der Waals surface area contributed by atoms with E-state index in [-0.39, 0.29) is 12.2 Å². The summed E-state index contributed by atoms with van der Waals surface area (Å²) in [5.74, 6) is 0.137. The molecule has 0 saturated heterocycles. The molecule has 0 spiro atoms. The van der Waals surface area contributed by atoms with Gasteiger partial charge in [-0.25, -0.2) is 9.78 Å². The van der Waals surface area contributed by atoms with Crippen LogP contribution in [0, 0.1) is 0 Å². The molecule has 0 fully saturated rings. The van der Waals surface area contributed by atoms with Crippen molar-refractivity contribution in [2.75, 3.05) is 0 Å². The highest BCUT2D eigenvalue weighted by atomic mass is 16.5. The fourth-order valence-corrected chi connectivity index (χ4v) is 1.83. The van der Waals surface area contributed by atoms with E-state index >= 15 is 0 Å². The zero-order chi connectivity index (χ0) is 13.9. The number of rotatable bonds is 4. The summed E-state index contributed by atoms with van der Waals surface area (Å²) in [5.41, 5.74) is 1.22. The number of para-hydroxylation sites is 1. The average Bonchev–Trinajstić information content (AvgIpc) is 2.88. The summed E-state index contributed by atoms with van der Waals surface area (Å²) >= 11 is 0. The number of fused-ring (bicyclic) bond motifs is 1. The Morgan fingerprint density at radius 2 is 2.00 bits per heavy atom. The van der Waals surface area contributed by atoms with Gasteiger partial charge in [-0.1, -0.05) is 18.2 Å². The summed E-state index contributed by atoms with van der Waals surface area (Å²) in [4.78, 5) is 15.1. The number of oxazole rings is 1. The molecule has 0 atom stereocenters. The van der Waals surface area contributed by atoms with Crippen molar-refractivity contribution in [3.05, 3.63) is 60.0 Å². The van der Waals surface area contributed by atoms with Crippen LogP contribution in [0.3, 0.4) is 0 Å². The van der Waals surface area contributed by atoms with Gasteiger partial charge in [-0.2, -0.15) is 0 Å². The lowest BCUT2D eigenvalue weighted by Gasteiger charge is -2.01. The third-order valence-electron chi connectivity index (χ3n) is 2.79. The summed E-state index contributed by atoms with van der Waals surface area (Å²) in [7, 11) is 0. The Labute approximate surface area is 114 Å². The molecule has 2 aromatic carbocycles. The number of carboxylic acid groups (broad SMARTS) is 1. The van der Waals surface area contributed by atoms with E-state index in [1.807, 2.05) is 30.3 Å². The Morgan fingerprint density at radius 3 is 2.75 bits per heavy atom. The van der Waals surface area contributed by atoms with Crippen LogP contribution in [-0.2, 0) is 6.61 Å². The highest BCUT2D eigenvalue weighted by Gasteiger charge is 2.10. The van der Waals surface area contributed by atoms with Gasteiger partial charge < -0.3 is 14.3 Å². The zero-order valence-electron chi connectivity index (χ0n) is 10.4. The molecule has 100 valence electrons. The zero-order valence-corrected chi connectivity index (χ0v) is 10.4. The Kier molecular flexibility index (Phi) is 3.09. The Morgan fingerprint density at radius 1 is 1.20 bits per heavy atom. The van der Waals surface area contributed by atoms with E-state index in [2.05, 4.69) is 4.98 Å². The molecule has 1 heterocycles. The van der Waals surface area contributed by atoms with Crippen LogP contribution < -0.4 is 4.74 Å². The highest BCUT2D eigenvalue weighted by Crippen LogP contribution is 2.19. The second-order valence-corrected chi connectivity index (χ2v) is 4.20. The summed E-state index contributed by atoms with van der Waals surface area (Å²) in [6, 6.07) is 13.9. The van der Waals surface area contributed by atoms with Crippen molar-refractivity contribution in [3.8, 4) is 5.75 Å². The molecule has 1 N–H and O–H groups in total. The average molecular weight is 269 g/mol. The maximum Gasteiger partial charge on any atom is 0.335 e. The SMILES string of the molecule is O=C(O)c1ccc2nc(COc3ccccc3)oc2c1. The number of nitrogens with zero attached hydrogens (tertiary/aromatic N) is 1. The van der Waals surface area contributed by atoms with E-state index in [0.717, 1.165) is 5.75 Å². The third-order valence-corrected chi connectivity index (χ3v) is 2.79. The van der Waals surface area contributed by atoms with Gasteiger partial charge in [0, 0.05) is 0 Å². The number of hydrogen-bond acceptors (Lipinski definition) is 4. The van der Waals surface area contributed by atoms with Crippen molar-refractivity contribution < 1.29 is 19.1 Å². The van der Waals surface area contributed by atoms with Crippen LogP contribution in [0.1, 0.15) is 16.2 Å². The number of carbonyl (C=O) groups is 1. The molecular formula is C15H11NO4. The van der Waals surface area contributed by atoms with Crippen LogP contribution in [-0.4, -0.2) is 16.1 Å². The first-order valence-electron chi connectivity index (χ1n) is 6.03. The van der Waals surface area contributed by atoms with Gasteiger partial charge in [-0.15, -0.1) is 0 Å². The standard InChI is InChI=1S/C15H11NO4/c17-15(18)10-6-7-12-13(8-10)20-14(16-12)9-19-11-4-2-1-3-5-11/h1-8H,9H2,(H,17,18). The van der Waals surface area contributed by atoms with Crippen LogP contribution in [0.15, 0.2) is 52.9 Å². The number of aromatic nitrogens is 1. The first kappa shape index (κ1) is 12.2. The van der Waals surface area contributed by atoms with Crippen molar-refractivity contribution in [2.24, 2.45) is 0 Å². The number of hydrogen-bond donors (Lipinski definition) is 1. The minimum atomic E-state index is -0.995. The maximum absolute atomic E-state index is 10.9. The second kappa shape index (κ2) is 5.05. The van der Waals surface area contributed by atoms with Crippen molar-refractivity contribution >= 4 is 17.1 Å². The van der Waals surface area contributed by atoms with Crippen LogP contribution in [0.25, 0.3) is 11.1 Å². The molecule has 0 unspecified atom stereocenters. The molecule has 0 saturated carbocycles. The molecule has 0 amide bonds. The summed E-state index contributed by atoms with van der Waals surface area (Å²) in [5, 5.41) is 8.92. The van der Waals surface area contributed by atoms with Gasteiger partial charge in [0.05, 0.1) is 5.56 Å². The lowest BCUT2D eigenvalue weighted by Crippen LogP contribution is -1.94. The Bertz CT molecular complexity index is 749. The number of ether oxygens (including phenoxy) is 1. The molecule has 0 aliphatic carbocycles. The van der Waals surface area contributed by atoms with Crippen LogP contribution in [0.2, 0.25) is 0 Å². The first-order chi connectivity index (χ1) is 9.72. The quantitative estimate of drug-likeness (QED) is 0.787. The van der Waals surface area contributed by atoms with Gasteiger partial charge in [0.1, 0.15) is 11.3 Å². The lowest BCUT2D eigenvalue weighted by atomic mass is 10.2. The van der Waals surface area contributed by atoms with Crippen LogP contribution in [0.5, 0.6) is 5.75 Å². The maximum atomic E-state index is 10.9. The smallest absolute Gasteiger partial charge is 0.335 e. The molecule has 5 heteroatoms. The van der Waals surface area contributed by atoms with Gasteiger partial charge in [-0.3, -0.25) is 0 Å². The van der Waals surface area contributed by atoms with E-state index in [9.17, 15) is 4.79 Å². The topological polar surface area (TPSA) is 72.6 Å². The Hall–Kier alpha value is -2.82. The number of aromatic carboxylic acids is 1. The van der Waals surface area contributed by atoms with Gasteiger partial charge in [0.2, 0.25) is 5.89 Å². The number of benzene rings is 2. The van der Waals surface area contributed by atoms with E-state index in [4.69, 9.17) is 14.3 Å². The molecule has 3 rings (SSSR count). The predicted octanol–water partition coefficient (Wildman–Crippen LogP) is 3.11. The van der Waals surface area contributed by atoms with Crippen molar-refractivity contribution in [2.45, 2.75) is 6.61 Å². The van der Waals surface area contributed by atoms with Gasteiger partial charge in [0.25, 0.3) is 0 Å². The molecule has 1 aromatic heterocycles. The molecule has 0 radical (unpaired) electrons. The highest BCUT2D eigenvalue weighted by molar-refractivity contribution is 5.91. The second-order valence-electron chi connectivity index (χ2n) is 4.20. The van der Waals surface area contributed by atoms with E-state index in [1.54, 1.807) is 6.07 Å². The summed E-state index contributed by atoms with van der Waals surface area (Å²) in [6.07, 6.45) is 0. The summed E-state index contributed by atoms with van der Waals surface area (Å²) < 4.78 is 11.0. The monoisotopic (exact) mass is 269 g/mol. The summed E-state index contributed by atoms with van der Waals surface area (Å²) in [6.45, 7) is 0.196. The Balaban J connectivity index is 1.80. The molecular weight excluding hydrogens is 258 g/mol. The third kappa shape index (κ3) is 2.47. The van der Waals surface area contributed by atoms with Gasteiger partial charge in [0.15, 0.2) is 12.2 Å². The minimum absolute atomic E-state index is 0.171. The molecule has 0 aliphatic heterocycles. The van der Waals surface area contributed by atoms with Gasteiger partial charge >= 0.3 is 5.97 Å². The molecule has 3 aromatic rings. The normalized spacial score (nSPS) is 10.6. The van der Waals surface area contributed by atoms with E-state index in [1.165, 1.54) is 12.1 Å². The first-order valence-corrected chi connectivity index (χ1v) is 6.03. The van der Waals surface area contributed by atoms with Crippen molar-refractivity contribution in [1.29, 1.82) is 0 Å².